The maximum atomic E-state index is 12.7. The van der Waals surface area contributed by atoms with Gasteiger partial charge in [-0.2, -0.15) is 5.10 Å². The van der Waals surface area contributed by atoms with E-state index in [4.69, 9.17) is 0 Å². The summed E-state index contributed by atoms with van der Waals surface area (Å²) in [5, 5.41) is 4.57. The van der Waals surface area contributed by atoms with Gasteiger partial charge >= 0.3 is 0 Å². The van der Waals surface area contributed by atoms with Crippen LogP contribution in [0.4, 0.5) is 0 Å². The molecule has 0 spiro atoms. The van der Waals surface area contributed by atoms with E-state index in [2.05, 4.69) is 22.7 Å². The van der Waals surface area contributed by atoms with E-state index in [1.54, 1.807) is 12.3 Å². The zero-order valence-electron chi connectivity index (χ0n) is 15.2. The van der Waals surface area contributed by atoms with Crippen LogP contribution in [0.2, 0.25) is 0 Å². The highest BCUT2D eigenvalue weighted by molar-refractivity contribution is 5.95. The molecule has 5 heteroatoms. The number of nitrogens with zero attached hydrogens (tertiary/aromatic N) is 4. The Morgan fingerprint density at radius 3 is 2.63 bits per heavy atom. The lowest BCUT2D eigenvalue weighted by molar-refractivity contribution is 0.0792. The van der Waals surface area contributed by atoms with Crippen molar-refractivity contribution >= 4 is 5.91 Å². The molecule has 0 bridgehead atoms. The molecule has 0 unspecified atom stereocenters. The Hall–Kier alpha value is -3.21. The summed E-state index contributed by atoms with van der Waals surface area (Å²) >= 11 is 0. The summed E-state index contributed by atoms with van der Waals surface area (Å²) in [5.41, 5.74) is 4.40. The van der Waals surface area contributed by atoms with E-state index in [0.29, 0.717) is 12.1 Å². The van der Waals surface area contributed by atoms with E-state index in [1.165, 1.54) is 0 Å². The van der Waals surface area contributed by atoms with Crippen LogP contribution in [0.5, 0.6) is 0 Å². The molecule has 0 atom stereocenters. The number of hydrogen-bond acceptors (Lipinski definition) is 3. The van der Waals surface area contributed by atoms with Crippen LogP contribution in [0.1, 0.15) is 23.2 Å². The number of hydrogen-bond donors (Lipinski definition) is 0. The lowest BCUT2D eigenvalue weighted by Crippen LogP contribution is -2.27. The van der Waals surface area contributed by atoms with Gasteiger partial charge in [0.1, 0.15) is 0 Å². The molecule has 27 heavy (non-hydrogen) atoms. The van der Waals surface area contributed by atoms with Gasteiger partial charge in [-0.1, -0.05) is 24.3 Å². The van der Waals surface area contributed by atoms with Crippen LogP contribution >= 0.6 is 0 Å². The second-order valence-electron chi connectivity index (χ2n) is 6.72. The Balaban J connectivity index is 1.62. The standard InChI is InChI=1S/C22H22N4O/c1-2-11-26-14-9-20(24-26)17-6-5-7-18(15-17)21-16-19(8-10-23-21)22(27)25-12-3-4-13-25/h2,5-10,14-16H,1,3-4,11-13H2. The second kappa shape index (κ2) is 7.58. The maximum Gasteiger partial charge on any atom is 0.253 e. The summed E-state index contributed by atoms with van der Waals surface area (Å²) in [5.74, 6) is 0.0930. The number of benzene rings is 1. The average Bonchev–Trinajstić information content (AvgIpc) is 3.40. The minimum atomic E-state index is 0.0930. The molecular formula is C22H22N4O. The highest BCUT2D eigenvalue weighted by Crippen LogP contribution is 2.25. The summed E-state index contributed by atoms with van der Waals surface area (Å²) in [6.45, 7) is 6.12. The van der Waals surface area contributed by atoms with Crippen LogP contribution in [-0.4, -0.2) is 38.7 Å². The van der Waals surface area contributed by atoms with Crippen LogP contribution in [0, 0.1) is 0 Å². The third-order valence-corrected chi connectivity index (χ3v) is 4.81. The second-order valence-corrected chi connectivity index (χ2v) is 6.72. The molecule has 1 fully saturated rings. The number of rotatable bonds is 5. The van der Waals surface area contributed by atoms with Gasteiger partial charge in [0.05, 0.1) is 17.9 Å². The minimum absolute atomic E-state index is 0.0930. The van der Waals surface area contributed by atoms with E-state index in [9.17, 15) is 4.79 Å². The topological polar surface area (TPSA) is 51.0 Å². The van der Waals surface area contributed by atoms with Crippen LogP contribution in [0.25, 0.3) is 22.5 Å². The molecule has 0 radical (unpaired) electrons. The smallest absolute Gasteiger partial charge is 0.253 e. The Morgan fingerprint density at radius 1 is 1.07 bits per heavy atom. The fraction of sp³-hybridized carbons (Fsp3) is 0.227. The summed E-state index contributed by atoms with van der Waals surface area (Å²) in [6, 6.07) is 13.8. The first-order valence-electron chi connectivity index (χ1n) is 9.25. The number of carbonyl (C=O) groups is 1. The molecule has 0 saturated carbocycles. The van der Waals surface area contributed by atoms with Crippen molar-refractivity contribution < 1.29 is 4.79 Å². The van der Waals surface area contributed by atoms with Gasteiger partial charge < -0.3 is 4.90 Å². The van der Waals surface area contributed by atoms with Gasteiger partial charge in [0.2, 0.25) is 0 Å². The Labute approximate surface area is 159 Å². The van der Waals surface area contributed by atoms with Crippen molar-refractivity contribution in [1.29, 1.82) is 0 Å². The van der Waals surface area contributed by atoms with Crippen LogP contribution in [-0.2, 0) is 6.54 Å². The van der Waals surface area contributed by atoms with Gasteiger partial charge in [0.25, 0.3) is 5.91 Å². The fourth-order valence-electron chi connectivity index (χ4n) is 3.41. The predicted octanol–water partition coefficient (Wildman–Crippen LogP) is 4.03. The van der Waals surface area contributed by atoms with Crippen molar-refractivity contribution in [3.63, 3.8) is 0 Å². The zero-order valence-corrected chi connectivity index (χ0v) is 15.2. The Kier molecular flexibility index (Phi) is 4.83. The van der Waals surface area contributed by atoms with Gasteiger partial charge in [0.15, 0.2) is 0 Å². The van der Waals surface area contributed by atoms with Gasteiger partial charge in [-0.25, -0.2) is 0 Å². The molecule has 1 aliphatic rings. The van der Waals surface area contributed by atoms with E-state index in [-0.39, 0.29) is 5.91 Å². The molecule has 2 aromatic heterocycles. The van der Waals surface area contributed by atoms with Gasteiger partial charge in [-0.05, 0) is 37.1 Å². The quantitative estimate of drug-likeness (QED) is 0.647. The van der Waals surface area contributed by atoms with Crippen molar-refractivity contribution in [1.82, 2.24) is 19.7 Å². The van der Waals surface area contributed by atoms with Crippen molar-refractivity contribution in [2.75, 3.05) is 13.1 Å². The van der Waals surface area contributed by atoms with E-state index in [1.807, 2.05) is 52.2 Å². The highest BCUT2D eigenvalue weighted by atomic mass is 16.2. The number of pyridine rings is 1. The van der Waals surface area contributed by atoms with E-state index < -0.39 is 0 Å². The third kappa shape index (κ3) is 3.67. The predicted molar refractivity (Wildman–Crippen MR) is 106 cm³/mol. The largest absolute Gasteiger partial charge is 0.339 e. The maximum absolute atomic E-state index is 12.7. The van der Waals surface area contributed by atoms with Gasteiger partial charge in [-0.15, -0.1) is 6.58 Å². The number of allylic oxidation sites excluding steroid dienone is 1. The number of aromatic nitrogens is 3. The molecule has 3 heterocycles. The highest BCUT2D eigenvalue weighted by Gasteiger charge is 2.20. The van der Waals surface area contributed by atoms with Crippen molar-refractivity contribution in [3.05, 3.63) is 73.1 Å². The first-order valence-corrected chi connectivity index (χ1v) is 9.25. The average molecular weight is 358 g/mol. The fourth-order valence-corrected chi connectivity index (χ4v) is 3.41. The van der Waals surface area contributed by atoms with Gasteiger partial charge in [-0.3, -0.25) is 14.5 Å². The normalized spacial score (nSPS) is 13.7. The molecule has 136 valence electrons. The SMILES string of the molecule is C=CCn1ccc(-c2cccc(-c3cc(C(=O)N4CCCC4)ccn3)c2)n1. The Bertz CT molecular complexity index is 970. The lowest BCUT2D eigenvalue weighted by Gasteiger charge is -2.15. The van der Waals surface area contributed by atoms with Crippen LogP contribution in [0.15, 0.2) is 67.5 Å². The first-order chi connectivity index (χ1) is 13.2. The van der Waals surface area contributed by atoms with E-state index >= 15 is 0 Å². The van der Waals surface area contributed by atoms with Crippen molar-refractivity contribution in [2.45, 2.75) is 19.4 Å². The molecule has 5 nitrogen and oxygen atoms in total. The number of carbonyl (C=O) groups excluding carboxylic acids is 1. The van der Waals surface area contributed by atoms with Crippen LogP contribution in [0.3, 0.4) is 0 Å². The number of likely N-dealkylation sites (tertiary alicyclic amines) is 1. The molecular weight excluding hydrogens is 336 g/mol. The van der Waals surface area contributed by atoms with Gasteiger partial charge in [0, 0.05) is 42.2 Å². The molecule has 1 aliphatic heterocycles. The van der Waals surface area contributed by atoms with Crippen LogP contribution < -0.4 is 0 Å². The summed E-state index contributed by atoms with van der Waals surface area (Å²) < 4.78 is 1.85. The van der Waals surface area contributed by atoms with E-state index in [0.717, 1.165) is 48.4 Å². The molecule has 1 saturated heterocycles. The molecule has 0 aliphatic carbocycles. The molecule has 0 N–H and O–H groups in total. The lowest BCUT2D eigenvalue weighted by atomic mass is 10.0. The summed E-state index contributed by atoms with van der Waals surface area (Å²) in [6.07, 6.45) is 7.65. The summed E-state index contributed by atoms with van der Waals surface area (Å²) in [7, 11) is 0. The van der Waals surface area contributed by atoms with Crippen molar-refractivity contribution in [2.24, 2.45) is 0 Å². The van der Waals surface area contributed by atoms with Crippen molar-refractivity contribution in [3.8, 4) is 22.5 Å². The Morgan fingerprint density at radius 2 is 1.85 bits per heavy atom. The zero-order chi connectivity index (χ0) is 18.6. The number of amides is 1. The molecule has 3 aromatic rings. The first kappa shape index (κ1) is 17.2. The summed E-state index contributed by atoms with van der Waals surface area (Å²) in [4.78, 5) is 19.1. The molecule has 1 amide bonds. The third-order valence-electron chi connectivity index (χ3n) is 4.81. The molecule has 4 rings (SSSR count). The monoisotopic (exact) mass is 358 g/mol. The minimum Gasteiger partial charge on any atom is -0.339 e. The molecule has 1 aromatic carbocycles.